The smallest absolute Gasteiger partial charge is 0.264 e. The number of methoxy groups -OCH3 is 1. The van der Waals surface area contributed by atoms with Crippen LogP contribution in [0.15, 0.2) is 108 Å². The van der Waals surface area contributed by atoms with Crippen LogP contribution in [0, 0.1) is 13.8 Å². The maximum atomic E-state index is 14.7. The molecule has 246 valence electrons. The zero-order chi connectivity index (χ0) is 33.4. The Morgan fingerprint density at radius 3 is 2.17 bits per heavy atom. The number of rotatable bonds is 13. The molecular weight excluding hydrogens is 611 g/mol. The van der Waals surface area contributed by atoms with Gasteiger partial charge in [0.2, 0.25) is 11.8 Å². The quantitative estimate of drug-likeness (QED) is 0.185. The predicted molar refractivity (Wildman–Crippen MR) is 185 cm³/mol. The molecular formula is C38H43N3O5S. The van der Waals surface area contributed by atoms with E-state index >= 15 is 0 Å². The first-order chi connectivity index (χ1) is 22.7. The number of amides is 2. The lowest BCUT2D eigenvalue weighted by molar-refractivity contribution is -0.140. The van der Waals surface area contributed by atoms with Gasteiger partial charge in [-0.25, -0.2) is 8.42 Å². The Bertz CT molecular complexity index is 1770. The van der Waals surface area contributed by atoms with E-state index in [-0.39, 0.29) is 29.8 Å². The second-order valence-electron chi connectivity index (χ2n) is 12.1. The molecule has 1 aliphatic carbocycles. The summed E-state index contributed by atoms with van der Waals surface area (Å²) in [6.45, 7) is 3.35. The average molecular weight is 654 g/mol. The van der Waals surface area contributed by atoms with E-state index in [0.717, 1.165) is 47.9 Å². The van der Waals surface area contributed by atoms with Gasteiger partial charge in [-0.3, -0.25) is 13.9 Å². The topological polar surface area (TPSA) is 96.0 Å². The molecule has 4 aromatic rings. The van der Waals surface area contributed by atoms with E-state index < -0.39 is 28.5 Å². The number of carbonyl (C=O) groups excluding carboxylic acids is 2. The van der Waals surface area contributed by atoms with E-state index in [1.807, 2.05) is 74.5 Å². The first-order valence-electron chi connectivity index (χ1n) is 16.1. The molecule has 4 aromatic carbocycles. The average Bonchev–Trinajstić information content (AvgIpc) is 3.60. The third kappa shape index (κ3) is 8.21. The first-order valence-corrected chi connectivity index (χ1v) is 17.5. The number of sulfonamides is 1. The molecule has 0 heterocycles. The molecule has 9 heteroatoms. The number of hydrogen-bond acceptors (Lipinski definition) is 5. The summed E-state index contributed by atoms with van der Waals surface area (Å²) >= 11 is 0. The van der Waals surface area contributed by atoms with Gasteiger partial charge in [0.25, 0.3) is 10.0 Å². The lowest BCUT2D eigenvalue weighted by Gasteiger charge is -2.34. The monoisotopic (exact) mass is 653 g/mol. The normalized spacial score (nSPS) is 13.9. The van der Waals surface area contributed by atoms with Gasteiger partial charge in [-0.2, -0.15) is 0 Å². The van der Waals surface area contributed by atoms with Crippen molar-refractivity contribution in [1.29, 1.82) is 0 Å². The molecule has 47 heavy (non-hydrogen) atoms. The molecule has 5 rings (SSSR count). The van der Waals surface area contributed by atoms with Gasteiger partial charge in [0.15, 0.2) is 0 Å². The van der Waals surface area contributed by atoms with Crippen LogP contribution in [0.4, 0.5) is 5.69 Å². The number of nitrogens with one attached hydrogen (secondary N) is 1. The van der Waals surface area contributed by atoms with Crippen LogP contribution in [0.3, 0.4) is 0 Å². The van der Waals surface area contributed by atoms with Gasteiger partial charge >= 0.3 is 0 Å². The van der Waals surface area contributed by atoms with Gasteiger partial charge in [0.05, 0.1) is 17.7 Å². The van der Waals surface area contributed by atoms with Crippen molar-refractivity contribution in [3.63, 3.8) is 0 Å². The van der Waals surface area contributed by atoms with E-state index in [0.29, 0.717) is 11.4 Å². The molecule has 1 aliphatic rings. The minimum atomic E-state index is -4.16. The van der Waals surface area contributed by atoms with E-state index in [9.17, 15) is 18.0 Å². The van der Waals surface area contributed by atoms with Gasteiger partial charge in [0, 0.05) is 19.0 Å². The summed E-state index contributed by atoms with van der Waals surface area (Å²) in [7, 11) is -2.59. The largest absolute Gasteiger partial charge is 0.497 e. The number of ether oxygens (including phenoxy) is 1. The Labute approximate surface area is 278 Å². The van der Waals surface area contributed by atoms with Crippen molar-refractivity contribution in [3.05, 3.63) is 125 Å². The Morgan fingerprint density at radius 1 is 0.851 bits per heavy atom. The minimum absolute atomic E-state index is 0.0412. The van der Waals surface area contributed by atoms with Crippen LogP contribution in [-0.4, -0.2) is 50.9 Å². The number of anilines is 1. The molecule has 0 aliphatic heterocycles. The molecule has 1 fully saturated rings. The molecule has 1 atom stereocenters. The minimum Gasteiger partial charge on any atom is -0.497 e. The van der Waals surface area contributed by atoms with Crippen LogP contribution in [0.5, 0.6) is 5.75 Å². The highest BCUT2D eigenvalue weighted by Crippen LogP contribution is 2.30. The third-order valence-electron chi connectivity index (χ3n) is 8.91. The molecule has 0 saturated heterocycles. The van der Waals surface area contributed by atoms with Crippen molar-refractivity contribution in [1.82, 2.24) is 10.2 Å². The van der Waals surface area contributed by atoms with Crippen LogP contribution in [0.25, 0.3) is 0 Å². The van der Waals surface area contributed by atoms with Crippen LogP contribution >= 0.6 is 0 Å². The zero-order valence-electron chi connectivity index (χ0n) is 27.3. The van der Waals surface area contributed by atoms with Crippen molar-refractivity contribution < 1.29 is 22.7 Å². The number of aryl methyl sites for hydroxylation is 1. The van der Waals surface area contributed by atoms with E-state index in [2.05, 4.69) is 5.32 Å². The first kappa shape index (κ1) is 33.7. The lowest BCUT2D eigenvalue weighted by atomic mass is 10.0. The van der Waals surface area contributed by atoms with Gasteiger partial charge in [0.1, 0.15) is 18.3 Å². The number of carbonyl (C=O) groups is 2. The molecule has 8 nitrogen and oxygen atoms in total. The predicted octanol–water partition coefficient (Wildman–Crippen LogP) is 6.21. The molecule has 0 unspecified atom stereocenters. The summed E-state index contributed by atoms with van der Waals surface area (Å²) < 4.78 is 35.2. The Balaban J connectivity index is 1.59. The second kappa shape index (κ2) is 15.3. The molecule has 1 N–H and O–H groups in total. The Kier molecular flexibility index (Phi) is 11.0. The van der Waals surface area contributed by atoms with Crippen molar-refractivity contribution in [2.24, 2.45) is 0 Å². The van der Waals surface area contributed by atoms with Gasteiger partial charge in [-0.05, 0) is 79.3 Å². The molecule has 1 saturated carbocycles. The van der Waals surface area contributed by atoms with E-state index in [1.165, 1.54) is 21.3 Å². The SMILES string of the molecule is COc1cccc(CN(C(=O)CN(c2cccc(C)c2C)S(=O)(=O)c2ccccc2)[C@@H](Cc2ccccc2)C(=O)NC2CCCC2)c1. The summed E-state index contributed by atoms with van der Waals surface area (Å²) in [6, 6.07) is 29.7. The second-order valence-corrected chi connectivity index (χ2v) is 14.0. The molecule has 2 amide bonds. The lowest BCUT2D eigenvalue weighted by Crippen LogP contribution is -2.54. The fraction of sp³-hybridized carbons (Fsp3) is 0.316. The fourth-order valence-corrected chi connectivity index (χ4v) is 7.62. The van der Waals surface area contributed by atoms with Gasteiger partial charge < -0.3 is 15.0 Å². The van der Waals surface area contributed by atoms with Crippen molar-refractivity contribution in [2.45, 2.75) is 69.5 Å². The third-order valence-corrected chi connectivity index (χ3v) is 10.7. The summed E-state index contributed by atoms with van der Waals surface area (Å²) in [5.74, 6) is -0.120. The zero-order valence-corrected chi connectivity index (χ0v) is 28.1. The molecule has 0 bridgehead atoms. The van der Waals surface area contributed by atoms with Crippen LogP contribution in [-0.2, 0) is 32.6 Å². The summed E-state index contributed by atoms with van der Waals surface area (Å²) in [6.07, 6.45) is 4.14. The van der Waals surface area contributed by atoms with Crippen molar-refractivity contribution in [2.75, 3.05) is 18.0 Å². The standard InChI is InChI=1S/C38H43N3O5S/c1-28-14-12-23-35(29(28)2)41(47(44,45)34-21-8-5-9-22-34)27-37(42)40(26-31-17-13-20-33(24-31)46-3)36(25-30-15-6-4-7-16-30)38(43)39-32-18-10-11-19-32/h4-9,12-17,20-24,32,36H,10-11,18-19,25-27H2,1-3H3,(H,39,43)/t36-/m0/s1. The Hall–Kier alpha value is -4.63. The number of benzene rings is 4. The van der Waals surface area contributed by atoms with Crippen molar-refractivity contribution in [3.8, 4) is 5.75 Å². The van der Waals surface area contributed by atoms with Gasteiger partial charge in [-0.1, -0.05) is 85.6 Å². The summed E-state index contributed by atoms with van der Waals surface area (Å²) in [5, 5.41) is 3.21. The van der Waals surface area contributed by atoms with E-state index in [1.54, 1.807) is 37.4 Å². The maximum Gasteiger partial charge on any atom is 0.264 e. The van der Waals surface area contributed by atoms with Crippen molar-refractivity contribution >= 4 is 27.5 Å². The molecule has 0 radical (unpaired) electrons. The highest BCUT2D eigenvalue weighted by molar-refractivity contribution is 7.92. The molecule has 0 aromatic heterocycles. The maximum absolute atomic E-state index is 14.7. The highest BCUT2D eigenvalue weighted by atomic mass is 32.2. The number of hydrogen-bond donors (Lipinski definition) is 1. The fourth-order valence-electron chi connectivity index (χ4n) is 6.13. The van der Waals surface area contributed by atoms with Crippen LogP contribution < -0.4 is 14.4 Å². The summed E-state index contributed by atoms with van der Waals surface area (Å²) in [4.78, 5) is 30.5. The molecule has 0 spiro atoms. The van der Waals surface area contributed by atoms with Crippen LogP contribution in [0.1, 0.15) is 47.9 Å². The van der Waals surface area contributed by atoms with E-state index in [4.69, 9.17) is 4.74 Å². The van der Waals surface area contributed by atoms with Gasteiger partial charge in [-0.15, -0.1) is 0 Å². The highest BCUT2D eigenvalue weighted by Gasteiger charge is 2.36. The summed E-state index contributed by atoms with van der Waals surface area (Å²) in [5.41, 5.74) is 3.71. The van der Waals surface area contributed by atoms with Crippen LogP contribution in [0.2, 0.25) is 0 Å². The number of nitrogens with zero attached hydrogens (tertiary/aromatic N) is 2. The Morgan fingerprint density at radius 2 is 1.49 bits per heavy atom.